The standard InChI is InChI=1S/C14H17FN2O2S/c1-10(9-20(2)19)17-14(18)13-6-5-12(15)8-11(13)4-3-7-16/h5-6,8,10H,7,9,16H2,1-2H3,(H,17,18). The Hall–Kier alpha value is -1.71. The van der Waals surface area contributed by atoms with E-state index in [0.29, 0.717) is 5.75 Å². The van der Waals surface area contributed by atoms with E-state index in [9.17, 15) is 13.4 Å². The zero-order valence-electron chi connectivity index (χ0n) is 11.4. The summed E-state index contributed by atoms with van der Waals surface area (Å²) in [6.07, 6.45) is 1.57. The molecule has 0 aliphatic carbocycles. The fraction of sp³-hybridized carbons (Fsp3) is 0.357. The maximum atomic E-state index is 13.2. The number of benzene rings is 1. The Kier molecular flexibility index (Phi) is 6.36. The summed E-state index contributed by atoms with van der Waals surface area (Å²) in [5.74, 6) is 4.79. The van der Waals surface area contributed by atoms with E-state index in [4.69, 9.17) is 5.73 Å². The fourth-order valence-corrected chi connectivity index (χ4v) is 2.45. The summed E-state index contributed by atoms with van der Waals surface area (Å²) in [6, 6.07) is 3.53. The Morgan fingerprint density at radius 2 is 2.25 bits per heavy atom. The van der Waals surface area contributed by atoms with Gasteiger partial charge >= 0.3 is 0 Å². The lowest BCUT2D eigenvalue weighted by atomic mass is 10.1. The fourth-order valence-electron chi connectivity index (χ4n) is 1.66. The van der Waals surface area contributed by atoms with Crippen LogP contribution >= 0.6 is 0 Å². The molecule has 2 unspecified atom stereocenters. The van der Waals surface area contributed by atoms with Crippen LogP contribution in [0.4, 0.5) is 4.39 Å². The molecule has 1 amide bonds. The molecule has 0 spiro atoms. The Morgan fingerprint density at radius 3 is 2.85 bits per heavy atom. The molecule has 20 heavy (non-hydrogen) atoms. The number of carbonyl (C=O) groups is 1. The Balaban J connectivity index is 2.94. The molecule has 108 valence electrons. The van der Waals surface area contributed by atoms with Crippen LogP contribution in [0.3, 0.4) is 0 Å². The molecule has 0 bridgehead atoms. The van der Waals surface area contributed by atoms with Gasteiger partial charge in [0.1, 0.15) is 5.82 Å². The van der Waals surface area contributed by atoms with Crippen molar-refractivity contribution in [2.75, 3.05) is 18.6 Å². The molecule has 0 aliphatic rings. The van der Waals surface area contributed by atoms with Crippen molar-refractivity contribution in [3.63, 3.8) is 0 Å². The van der Waals surface area contributed by atoms with E-state index in [1.165, 1.54) is 18.2 Å². The zero-order chi connectivity index (χ0) is 15.1. The minimum Gasteiger partial charge on any atom is -0.349 e. The maximum Gasteiger partial charge on any atom is 0.252 e. The third-order valence-electron chi connectivity index (χ3n) is 2.41. The van der Waals surface area contributed by atoms with Crippen LogP contribution in [-0.2, 0) is 10.8 Å². The summed E-state index contributed by atoms with van der Waals surface area (Å²) in [6.45, 7) is 1.89. The first kappa shape index (κ1) is 16.3. The molecule has 0 saturated heterocycles. The van der Waals surface area contributed by atoms with Gasteiger partial charge in [-0.1, -0.05) is 11.8 Å². The van der Waals surface area contributed by atoms with Gasteiger partial charge in [-0.3, -0.25) is 9.00 Å². The van der Waals surface area contributed by atoms with Crippen molar-refractivity contribution in [1.29, 1.82) is 0 Å². The van der Waals surface area contributed by atoms with Gasteiger partial charge in [-0.2, -0.15) is 0 Å². The van der Waals surface area contributed by atoms with Crippen LogP contribution in [0.1, 0.15) is 22.8 Å². The third-order valence-corrected chi connectivity index (χ3v) is 3.38. The first-order valence-electron chi connectivity index (χ1n) is 6.03. The lowest BCUT2D eigenvalue weighted by Crippen LogP contribution is -2.36. The van der Waals surface area contributed by atoms with E-state index in [1.54, 1.807) is 13.2 Å². The van der Waals surface area contributed by atoms with Crippen LogP contribution in [0, 0.1) is 17.7 Å². The van der Waals surface area contributed by atoms with Gasteiger partial charge in [0, 0.05) is 34.4 Å². The minimum absolute atomic E-state index is 0.128. The van der Waals surface area contributed by atoms with E-state index in [-0.39, 0.29) is 29.6 Å². The average molecular weight is 296 g/mol. The normalized spacial score (nSPS) is 13.0. The first-order chi connectivity index (χ1) is 9.43. The molecule has 0 heterocycles. The second-order valence-electron chi connectivity index (χ2n) is 4.31. The topological polar surface area (TPSA) is 72.2 Å². The van der Waals surface area contributed by atoms with Crippen LogP contribution in [0.25, 0.3) is 0 Å². The number of hydrogen-bond acceptors (Lipinski definition) is 3. The lowest BCUT2D eigenvalue weighted by molar-refractivity contribution is 0.0943. The van der Waals surface area contributed by atoms with E-state index in [1.807, 2.05) is 0 Å². The second kappa shape index (κ2) is 7.78. The molecule has 1 aromatic carbocycles. The highest BCUT2D eigenvalue weighted by atomic mass is 32.2. The number of rotatable bonds is 4. The summed E-state index contributed by atoms with van der Waals surface area (Å²) in [5.41, 5.74) is 5.84. The summed E-state index contributed by atoms with van der Waals surface area (Å²) in [4.78, 5) is 12.1. The number of carbonyl (C=O) groups excluding carboxylic acids is 1. The molecule has 4 nitrogen and oxygen atoms in total. The molecule has 3 N–H and O–H groups in total. The summed E-state index contributed by atoms with van der Waals surface area (Å²) < 4.78 is 24.3. The molecule has 0 saturated carbocycles. The van der Waals surface area contributed by atoms with E-state index < -0.39 is 16.6 Å². The molecule has 0 aromatic heterocycles. The summed E-state index contributed by atoms with van der Waals surface area (Å²) >= 11 is 0. The number of amides is 1. The van der Waals surface area contributed by atoms with Gasteiger partial charge in [0.2, 0.25) is 0 Å². The smallest absolute Gasteiger partial charge is 0.252 e. The third kappa shape index (κ3) is 5.11. The van der Waals surface area contributed by atoms with Gasteiger partial charge in [-0.05, 0) is 25.1 Å². The zero-order valence-corrected chi connectivity index (χ0v) is 12.2. The van der Waals surface area contributed by atoms with E-state index in [0.717, 1.165) is 0 Å². The molecular formula is C14H17FN2O2S. The van der Waals surface area contributed by atoms with Gasteiger partial charge in [-0.15, -0.1) is 0 Å². The summed E-state index contributed by atoms with van der Waals surface area (Å²) in [5, 5.41) is 2.71. The molecule has 2 atom stereocenters. The quantitative estimate of drug-likeness (QED) is 0.801. The molecule has 1 aromatic rings. The van der Waals surface area contributed by atoms with Crippen molar-refractivity contribution >= 4 is 16.7 Å². The number of nitrogens with one attached hydrogen (secondary N) is 1. The van der Waals surface area contributed by atoms with Gasteiger partial charge in [-0.25, -0.2) is 4.39 Å². The van der Waals surface area contributed by atoms with Gasteiger partial charge in [0.25, 0.3) is 5.91 Å². The molecule has 0 radical (unpaired) electrons. The Labute approximate surface area is 120 Å². The average Bonchev–Trinajstić information content (AvgIpc) is 2.35. The van der Waals surface area contributed by atoms with Gasteiger partial charge in [0.15, 0.2) is 0 Å². The van der Waals surface area contributed by atoms with Crippen molar-refractivity contribution in [3.8, 4) is 11.8 Å². The van der Waals surface area contributed by atoms with E-state index >= 15 is 0 Å². The first-order valence-corrected chi connectivity index (χ1v) is 7.76. The molecule has 1 rings (SSSR count). The van der Waals surface area contributed by atoms with Crippen molar-refractivity contribution < 1.29 is 13.4 Å². The van der Waals surface area contributed by atoms with Crippen LogP contribution in [0.5, 0.6) is 0 Å². The summed E-state index contributed by atoms with van der Waals surface area (Å²) in [7, 11) is -1.00. The van der Waals surface area contributed by atoms with Gasteiger partial charge in [0.05, 0.1) is 12.1 Å². The molecule has 0 fully saturated rings. The van der Waals surface area contributed by atoms with Crippen LogP contribution < -0.4 is 11.1 Å². The molecular weight excluding hydrogens is 279 g/mol. The minimum atomic E-state index is -1.00. The van der Waals surface area contributed by atoms with Crippen molar-refractivity contribution in [1.82, 2.24) is 5.32 Å². The van der Waals surface area contributed by atoms with Crippen LogP contribution in [-0.4, -0.2) is 34.7 Å². The van der Waals surface area contributed by atoms with Gasteiger partial charge < -0.3 is 11.1 Å². The largest absolute Gasteiger partial charge is 0.349 e. The van der Waals surface area contributed by atoms with Crippen molar-refractivity contribution in [2.24, 2.45) is 5.73 Å². The maximum absolute atomic E-state index is 13.2. The number of halogens is 1. The molecule has 0 aliphatic heterocycles. The lowest BCUT2D eigenvalue weighted by Gasteiger charge is -2.13. The second-order valence-corrected chi connectivity index (χ2v) is 5.79. The highest BCUT2D eigenvalue weighted by Crippen LogP contribution is 2.10. The predicted molar refractivity (Wildman–Crippen MR) is 78.2 cm³/mol. The Bertz CT molecular complexity index is 578. The highest BCUT2D eigenvalue weighted by molar-refractivity contribution is 7.84. The predicted octanol–water partition coefficient (Wildman–Crippen LogP) is 0.633. The number of nitrogens with two attached hydrogens (primary N) is 1. The number of hydrogen-bond donors (Lipinski definition) is 2. The highest BCUT2D eigenvalue weighted by Gasteiger charge is 2.14. The van der Waals surface area contributed by atoms with Crippen molar-refractivity contribution in [3.05, 3.63) is 35.1 Å². The van der Waals surface area contributed by atoms with Crippen LogP contribution in [0.15, 0.2) is 18.2 Å². The molecule has 6 heteroatoms. The van der Waals surface area contributed by atoms with E-state index in [2.05, 4.69) is 17.2 Å². The van der Waals surface area contributed by atoms with Crippen LogP contribution in [0.2, 0.25) is 0 Å². The Morgan fingerprint density at radius 1 is 1.55 bits per heavy atom. The SMILES string of the molecule is CC(CS(C)=O)NC(=O)c1ccc(F)cc1C#CCN. The monoisotopic (exact) mass is 296 g/mol. The van der Waals surface area contributed by atoms with Crippen molar-refractivity contribution in [2.45, 2.75) is 13.0 Å².